The predicted molar refractivity (Wildman–Crippen MR) is 70.4 cm³/mol. The highest BCUT2D eigenvalue weighted by Crippen LogP contribution is 2.41. The van der Waals surface area contributed by atoms with Crippen LogP contribution in [0.5, 0.6) is 11.5 Å². The average molecular weight is 275 g/mol. The molecule has 0 amide bonds. The molecule has 0 fully saturated rings. The maximum absolute atomic E-state index is 13.7. The molecule has 0 spiro atoms. The summed E-state index contributed by atoms with van der Waals surface area (Å²) in [6.45, 7) is 0.162. The molecule has 3 rings (SSSR count). The van der Waals surface area contributed by atoms with Crippen molar-refractivity contribution in [1.82, 2.24) is 4.98 Å². The number of hydrogen-bond acceptors (Lipinski definition) is 4. The molecule has 20 heavy (non-hydrogen) atoms. The van der Waals surface area contributed by atoms with E-state index in [1.165, 1.54) is 6.07 Å². The predicted octanol–water partition coefficient (Wildman–Crippen LogP) is 2.25. The quantitative estimate of drug-likeness (QED) is 0.933. The number of pyridine rings is 1. The van der Waals surface area contributed by atoms with Crippen molar-refractivity contribution in [1.29, 1.82) is 0 Å². The van der Waals surface area contributed by atoms with Gasteiger partial charge in [0.05, 0.1) is 31.0 Å². The SMILES string of the molecule is COc1ccc(CO)nc1C1COc2c(F)cccc21. The van der Waals surface area contributed by atoms with Gasteiger partial charge in [-0.1, -0.05) is 12.1 Å². The van der Waals surface area contributed by atoms with E-state index in [4.69, 9.17) is 9.47 Å². The Balaban J connectivity index is 2.10. The summed E-state index contributed by atoms with van der Waals surface area (Å²) in [5.74, 6) is 0.313. The number of rotatable bonds is 3. The van der Waals surface area contributed by atoms with E-state index in [9.17, 15) is 9.50 Å². The number of para-hydroxylation sites is 1. The van der Waals surface area contributed by atoms with E-state index >= 15 is 0 Å². The molecular formula is C15H14FNO3. The highest BCUT2D eigenvalue weighted by atomic mass is 19.1. The van der Waals surface area contributed by atoms with Crippen LogP contribution < -0.4 is 9.47 Å². The first-order valence-corrected chi connectivity index (χ1v) is 6.30. The molecule has 4 nitrogen and oxygen atoms in total. The smallest absolute Gasteiger partial charge is 0.165 e. The Morgan fingerprint density at radius 1 is 1.40 bits per heavy atom. The Hall–Kier alpha value is -2.14. The second-order valence-electron chi connectivity index (χ2n) is 4.57. The van der Waals surface area contributed by atoms with E-state index in [0.717, 1.165) is 5.56 Å². The van der Waals surface area contributed by atoms with Crippen LogP contribution in [0.4, 0.5) is 4.39 Å². The van der Waals surface area contributed by atoms with Crippen molar-refractivity contribution < 1.29 is 19.0 Å². The zero-order chi connectivity index (χ0) is 14.1. The molecule has 0 saturated carbocycles. The van der Waals surface area contributed by atoms with Crippen LogP contribution in [-0.4, -0.2) is 23.8 Å². The highest BCUT2D eigenvalue weighted by Gasteiger charge is 2.31. The minimum absolute atomic E-state index is 0.152. The molecule has 1 atom stereocenters. The van der Waals surface area contributed by atoms with Crippen molar-refractivity contribution in [2.24, 2.45) is 0 Å². The van der Waals surface area contributed by atoms with Gasteiger partial charge < -0.3 is 14.6 Å². The Morgan fingerprint density at radius 3 is 3.00 bits per heavy atom. The van der Waals surface area contributed by atoms with Crippen molar-refractivity contribution in [3.05, 3.63) is 53.1 Å². The lowest BCUT2D eigenvalue weighted by Crippen LogP contribution is -2.09. The summed E-state index contributed by atoms with van der Waals surface area (Å²) >= 11 is 0. The van der Waals surface area contributed by atoms with Crippen LogP contribution in [0.2, 0.25) is 0 Å². The van der Waals surface area contributed by atoms with Gasteiger partial charge in [-0.2, -0.15) is 0 Å². The van der Waals surface area contributed by atoms with Crippen LogP contribution >= 0.6 is 0 Å². The number of hydrogen-bond donors (Lipinski definition) is 1. The molecule has 1 aliphatic rings. The second-order valence-corrected chi connectivity index (χ2v) is 4.57. The van der Waals surface area contributed by atoms with Gasteiger partial charge in [-0.3, -0.25) is 4.98 Å². The van der Waals surface area contributed by atoms with Gasteiger partial charge in [-0.25, -0.2) is 4.39 Å². The highest BCUT2D eigenvalue weighted by molar-refractivity contribution is 5.48. The minimum atomic E-state index is -0.373. The topological polar surface area (TPSA) is 51.6 Å². The summed E-state index contributed by atoms with van der Waals surface area (Å²) < 4.78 is 24.4. The summed E-state index contributed by atoms with van der Waals surface area (Å²) in [5, 5.41) is 9.21. The molecule has 1 N–H and O–H groups in total. The second kappa shape index (κ2) is 5.09. The average Bonchev–Trinajstić information content (AvgIpc) is 2.92. The van der Waals surface area contributed by atoms with Crippen LogP contribution in [0.1, 0.15) is 22.9 Å². The number of aliphatic hydroxyl groups is 1. The van der Waals surface area contributed by atoms with Gasteiger partial charge in [0.1, 0.15) is 12.4 Å². The summed E-state index contributed by atoms with van der Waals surface area (Å²) in [7, 11) is 1.56. The van der Waals surface area contributed by atoms with Crippen LogP contribution in [-0.2, 0) is 6.61 Å². The number of aromatic nitrogens is 1. The number of methoxy groups -OCH3 is 1. The summed E-state index contributed by atoms with van der Waals surface area (Å²) in [4.78, 5) is 4.40. The summed E-state index contributed by atoms with van der Waals surface area (Å²) in [6, 6.07) is 8.30. The zero-order valence-electron chi connectivity index (χ0n) is 11.0. The van der Waals surface area contributed by atoms with Gasteiger partial charge in [0.2, 0.25) is 0 Å². The molecule has 2 heterocycles. The van der Waals surface area contributed by atoms with Gasteiger partial charge >= 0.3 is 0 Å². The van der Waals surface area contributed by atoms with Crippen molar-refractivity contribution >= 4 is 0 Å². The maximum Gasteiger partial charge on any atom is 0.165 e. The van der Waals surface area contributed by atoms with Gasteiger partial charge in [-0.15, -0.1) is 0 Å². The van der Waals surface area contributed by atoms with Crippen molar-refractivity contribution in [2.45, 2.75) is 12.5 Å². The molecule has 0 bridgehead atoms. The maximum atomic E-state index is 13.7. The fourth-order valence-corrected chi connectivity index (χ4v) is 2.45. The molecule has 0 aliphatic carbocycles. The fraction of sp³-hybridized carbons (Fsp3) is 0.267. The third-order valence-electron chi connectivity index (χ3n) is 3.42. The molecule has 104 valence electrons. The minimum Gasteiger partial charge on any atom is -0.495 e. The van der Waals surface area contributed by atoms with E-state index in [-0.39, 0.29) is 24.1 Å². The van der Waals surface area contributed by atoms with Gasteiger partial charge in [0.15, 0.2) is 11.6 Å². The number of aliphatic hydroxyl groups excluding tert-OH is 1. The normalized spacial score (nSPS) is 16.6. The number of nitrogens with zero attached hydrogens (tertiary/aromatic N) is 1. The van der Waals surface area contributed by atoms with Crippen molar-refractivity contribution in [3.8, 4) is 11.5 Å². The molecule has 5 heteroatoms. The van der Waals surface area contributed by atoms with Crippen LogP contribution in [0.25, 0.3) is 0 Å². The molecule has 1 aliphatic heterocycles. The number of benzene rings is 1. The number of ether oxygens (including phenoxy) is 2. The lowest BCUT2D eigenvalue weighted by atomic mass is 9.96. The molecule has 0 radical (unpaired) electrons. The standard InChI is InChI=1S/C15H14FNO3/c1-19-13-6-5-9(7-18)17-14(13)11-8-20-15-10(11)3-2-4-12(15)16/h2-6,11,18H,7-8H2,1H3. The summed E-state index contributed by atoms with van der Waals surface area (Å²) in [5.41, 5.74) is 1.96. The van der Waals surface area contributed by atoms with Crippen LogP contribution in [0.15, 0.2) is 30.3 Å². The van der Waals surface area contributed by atoms with E-state index in [2.05, 4.69) is 4.98 Å². The Morgan fingerprint density at radius 2 is 2.25 bits per heavy atom. The first-order chi connectivity index (χ1) is 9.74. The third kappa shape index (κ3) is 2.00. The monoisotopic (exact) mass is 275 g/mol. The summed E-state index contributed by atoms with van der Waals surface area (Å²) in [6.07, 6.45) is 0. The van der Waals surface area contributed by atoms with Crippen molar-refractivity contribution in [3.63, 3.8) is 0 Å². The molecule has 2 aromatic rings. The fourth-order valence-electron chi connectivity index (χ4n) is 2.45. The third-order valence-corrected chi connectivity index (χ3v) is 3.42. The van der Waals surface area contributed by atoms with Gasteiger partial charge in [0, 0.05) is 5.56 Å². The first-order valence-electron chi connectivity index (χ1n) is 6.30. The number of halogens is 1. The van der Waals surface area contributed by atoms with Crippen molar-refractivity contribution in [2.75, 3.05) is 13.7 Å². The zero-order valence-corrected chi connectivity index (χ0v) is 11.0. The van der Waals surface area contributed by atoms with E-state index < -0.39 is 0 Å². The molecule has 1 aromatic carbocycles. The lowest BCUT2D eigenvalue weighted by molar-refractivity contribution is 0.275. The van der Waals surface area contributed by atoms with Crippen LogP contribution in [0, 0.1) is 5.82 Å². The van der Waals surface area contributed by atoms with Gasteiger partial charge in [-0.05, 0) is 18.2 Å². The Kier molecular flexibility index (Phi) is 3.28. The van der Waals surface area contributed by atoms with Crippen LogP contribution in [0.3, 0.4) is 0 Å². The van der Waals surface area contributed by atoms with E-state index in [1.54, 1.807) is 25.3 Å². The molecule has 0 saturated heterocycles. The Labute approximate surface area is 115 Å². The molecular weight excluding hydrogens is 261 g/mol. The van der Waals surface area contributed by atoms with E-state index in [0.29, 0.717) is 23.7 Å². The Bertz CT molecular complexity index is 645. The molecule has 1 unspecified atom stereocenters. The van der Waals surface area contributed by atoms with Gasteiger partial charge in [0.25, 0.3) is 0 Å². The molecule has 1 aromatic heterocycles. The first kappa shape index (κ1) is 12.9. The largest absolute Gasteiger partial charge is 0.495 e. The number of fused-ring (bicyclic) bond motifs is 1. The van der Waals surface area contributed by atoms with E-state index in [1.807, 2.05) is 6.07 Å². The lowest BCUT2D eigenvalue weighted by Gasteiger charge is -2.14.